The van der Waals surface area contributed by atoms with Crippen molar-refractivity contribution < 1.29 is 13.6 Å². The predicted octanol–water partition coefficient (Wildman–Crippen LogP) is 4.12. The number of benzene rings is 2. The molecule has 0 aromatic heterocycles. The minimum absolute atomic E-state index is 0.0348. The molecular formula is C16H14F2O. The number of hydrogen-bond donors (Lipinski definition) is 0. The summed E-state index contributed by atoms with van der Waals surface area (Å²) in [5.74, 6) is -1.84. The number of carbonyl (C=O) groups excluding carboxylic acids is 1. The van der Waals surface area contributed by atoms with Gasteiger partial charge in [-0.15, -0.1) is 0 Å². The number of carbonyl (C=O) groups is 1. The van der Waals surface area contributed by atoms with Gasteiger partial charge in [0, 0.05) is 17.2 Å². The summed E-state index contributed by atoms with van der Waals surface area (Å²) in [5, 5.41) is 0. The Hall–Kier alpha value is -2.03. The number of ketones is 1. The first kappa shape index (κ1) is 13.4. The Balaban J connectivity index is 2.56. The second kappa shape index (κ2) is 4.92. The van der Waals surface area contributed by atoms with Gasteiger partial charge in [-0.1, -0.05) is 17.7 Å². The third-order valence-electron chi connectivity index (χ3n) is 3.03. The fourth-order valence-corrected chi connectivity index (χ4v) is 2.37. The molecule has 0 saturated carbocycles. The summed E-state index contributed by atoms with van der Waals surface area (Å²) < 4.78 is 26.4. The van der Waals surface area contributed by atoms with Gasteiger partial charge in [0.15, 0.2) is 5.78 Å². The van der Waals surface area contributed by atoms with E-state index in [-0.39, 0.29) is 11.3 Å². The standard InChI is InChI=1S/C16H14F2O/c1-9-4-10(2)15(11(3)5-9)16(19)12-6-13(17)8-14(18)7-12/h4-8H,1-3H3. The molecule has 2 rings (SSSR count). The Morgan fingerprint density at radius 3 is 1.79 bits per heavy atom. The van der Waals surface area contributed by atoms with E-state index in [0.29, 0.717) is 5.56 Å². The summed E-state index contributed by atoms with van der Waals surface area (Å²) in [7, 11) is 0. The van der Waals surface area contributed by atoms with E-state index in [9.17, 15) is 13.6 Å². The van der Waals surface area contributed by atoms with Crippen LogP contribution in [0.2, 0.25) is 0 Å². The zero-order valence-corrected chi connectivity index (χ0v) is 11.1. The average molecular weight is 260 g/mol. The minimum atomic E-state index is -0.745. The third-order valence-corrected chi connectivity index (χ3v) is 3.03. The molecule has 0 radical (unpaired) electrons. The SMILES string of the molecule is Cc1cc(C)c(C(=O)c2cc(F)cc(F)c2)c(C)c1. The molecule has 0 aliphatic rings. The highest BCUT2D eigenvalue weighted by Crippen LogP contribution is 2.21. The normalized spacial score (nSPS) is 10.6. The molecule has 2 aromatic carbocycles. The maximum Gasteiger partial charge on any atom is 0.193 e. The van der Waals surface area contributed by atoms with Gasteiger partial charge in [0.2, 0.25) is 0 Å². The van der Waals surface area contributed by atoms with Crippen molar-refractivity contribution in [2.24, 2.45) is 0 Å². The molecule has 1 nitrogen and oxygen atoms in total. The number of rotatable bonds is 2. The van der Waals surface area contributed by atoms with Crippen LogP contribution < -0.4 is 0 Å². The van der Waals surface area contributed by atoms with Crippen LogP contribution in [0, 0.1) is 32.4 Å². The molecule has 0 bridgehead atoms. The molecule has 0 heterocycles. The molecular weight excluding hydrogens is 246 g/mol. The van der Waals surface area contributed by atoms with Crippen molar-refractivity contribution in [3.8, 4) is 0 Å². The van der Waals surface area contributed by atoms with Crippen LogP contribution in [0.4, 0.5) is 8.78 Å². The van der Waals surface area contributed by atoms with Gasteiger partial charge in [-0.3, -0.25) is 4.79 Å². The van der Waals surface area contributed by atoms with Gasteiger partial charge < -0.3 is 0 Å². The molecule has 0 aliphatic heterocycles. The third kappa shape index (κ3) is 2.70. The van der Waals surface area contributed by atoms with Gasteiger partial charge in [-0.05, 0) is 44.0 Å². The van der Waals surface area contributed by atoms with E-state index in [1.807, 2.05) is 32.9 Å². The molecule has 0 unspecified atom stereocenters. The van der Waals surface area contributed by atoms with E-state index >= 15 is 0 Å². The van der Waals surface area contributed by atoms with Gasteiger partial charge in [-0.25, -0.2) is 8.78 Å². The lowest BCUT2D eigenvalue weighted by atomic mass is 9.93. The van der Waals surface area contributed by atoms with Crippen molar-refractivity contribution in [3.63, 3.8) is 0 Å². The molecule has 0 aliphatic carbocycles. The van der Waals surface area contributed by atoms with Crippen LogP contribution in [0.5, 0.6) is 0 Å². The molecule has 0 amide bonds. The summed E-state index contributed by atoms with van der Waals surface area (Å²) in [6.07, 6.45) is 0. The van der Waals surface area contributed by atoms with E-state index in [0.717, 1.165) is 34.9 Å². The van der Waals surface area contributed by atoms with Crippen LogP contribution in [0.15, 0.2) is 30.3 Å². The average Bonchev–Trinajstić information content (AvgIpc) is 2.25. The van der Waals surface area contributed by atoms with Gasteiger partial charge in [0.25, 0.3) is 0 Å². The van der Waals surface area contributed by atoms with Crippen LogP contribution >= 0.6 is 0 Å². The van der Waals surface area contributed by atoms with Crippen molar-refractivity contribution in [1.29, 1.82) is 0 Å². The van der Waals surface area contributed by atoms with E-state index in [2.05, 4.69) is 0 Å². The lowest BCUT2D eigenvalue weighted by molar-refractivity contribution is 0.103. The Morgan fingerprint density at radius 1 is 0.842 bits per heavy atom. The van der Waals surface area contributed by atoms with Crippen molar-refractivity contribution in [2.75, 3.05) is 0 Å². The van der Waals surface area contributed by atoms with Crippen molar-refractivity contribution in [3.05, 3.63) is 69.8 Å². The predicted molar refractivity (Wildman–Crippen MR) is 70.4 cm³/mol. The summed E-state index contributed by atoms with van der Waals surface area (Å²) >= 11 is 0. The molecule has 0 saturated heterocycles. The molecule has 0 atom stereocenters. The highest BCUT2D eigenvalue weighted by atomic mass is 19.1. The molecule has 0 fully saturated rings. The lowest BCUT2D eigenvalue weighted by Crippen LogP contribution is -2.07. The maximum absolute atomic E-state index is 13.2. The maximum atomic E-state index is 13.2. The first-order valence-electron chi connectivity index (χ1n) is 5.97. The molecule has 0 N–H and O–H groups in total. The van der Waals surface area contributed by atoms with E-state index < -0.39 is 11.6 Å². The van der Waals surface area contributed by atoms with Crippen molar-refractivity contribution in [2.45, 2.75) is 20.8 Å². The fourth-order valence-electron chi connectivity index (χ4n) is 2.37. The van der Waals surface area contributed by atoms with Gasteiger partial charge in [0.05, 0.1) is 0 Å². The summed E-state index contributed by atoms with van der Waals surface area (Å²) in [4.78, 5) is 12.4. The van der Waals surface area contributed by atoms with Crippen molar-refractivity contribution in [1.82, 2.24) is 0 Å². The van der Waals surface area contributed by atoms with Crippen LogP contribution in [-0.2, 0) is 0 Å². The van der Waals surface area contributed by atoms with Crippen LogP contribution in [0.3, 0.4) is 0 Å². The quantitative estimate of drug-likeness (QED) is 0.742. The molecule has 98 valence electrons. The second-order valence-electron chi connectivity index (χ2n) is 4.76. The Bertz CT molecular complexity index is 617. The lowest BCUT2D eigenvalue weighted by Gasteiger charge is -2.10. The largest absolute Gasteiger partial charge is 0.289 e. The zero-order chi connectivity index (χ0) is 14.2. The Labute approximate surface area is 110 Å². The molecule has 19 heavy (non-hydrogen) atoms. The van der Waals surface area contributed by atoms with E-state index in [1.54, 1.807) is 0 Å². The smallest absolute Gasteiger partial charge is 0.193 e. The number of aryl methyl sites for hydroxylation is 3. The highest BCUT2D eigenvalue weighted by Gasteiger charge is 2.16. The van der Waals surface area contributed by atoms with Gasteiger partial charge in [0.1, 0.15) is 11.6 Å². The summed E-state index contributed by atoms with van der Waals surface area (Å²) in [6.45, 7) is 5.59. The summed E-state index contributed by atoms with van der Waals surface area (Å²) in [5.41, 5.74) is 3.22. The highest BCUT2D eigenvalue weighted by molar-refractivity contribution is 6.10. The second-order valence-corrected chi connectivity index (χ2v) is 4.76. The number of hydrogen-bond acceptors (Lipinski definition) is 1. The van der Waals surface area contributed by atoms with E-state index in [1.165, 1.54) is 0 Å². The molecule has 2 aromatic rings. The molecule has 0 spiro atoms. The monoisotopic (exact) mass is 260 g/mol. The van der Waals surface area contributed by atoms with Crippen LogP contribution in [0.25, 0.3) is 0 Å². The van der Waals surface area contributed by atoms with Crippen LogP contribution in [0.1, 0.15) is 32.6 Å². The molecule has 3 heteroatoms. The number of halogens is 2. The Kier molecular flexibility index (Phi) is 3.47. The fraction of sp³-hybridized carbons (Fsp3) is 0.188. The zero-order valence-electron chi connectivity index (χ0n) is 11.1. The van der Waals surface area contributed by atoms with Gasteiger partial charge >= 0.3 is 0 Å². The van der Waals surface area contributed by atoms with Crippen LogP contribution in [-0.4, -0.2) is 5.78 Å². The first-order valence-corrected chi connectivity index (χ1v) is 5.97. The topological polar surface area (TPSA) is 17.1 Å². The Morgan fingerprint density at radius 2 is 1.32 bits per heavy atom. The van der Waals surface area contributed by atoms with Crippen molar-refractivity contribution >= 4 is 5.78 Å². The first-order chi connectivity index (χ1) is 8.88. The van der Waals surface area contributed by atoms with Gasteiger partial charge in [-0.2, -0.15) is 0 Å². The summed E-state index contributed by atoms with van der Waals surface area (Å²) in [6, 6.07) is 6.64. The van der Waals surface area contributed by atoms with E-state index in [4.69, 9.17) is 0 Å². The minimum Gasteiger partial charge on any atom is -0.289 e.